The van der Waals surface area contributed by atoms with Crippen molar-refractivity contribution in [2.24, 2.45) is 0 Å². The molecule has 2 aromatic heterocycles. The van der Waals surface area contributed by atoms with Crippen LogP contribution in [0.3, 0.4) is 0 Å². The van der Waals surface area contributed by atoms with Gasteiger partial charge in [-0.1, -0.05) is 27.8 Å². The lowest BCUT2D eigenvalue weighted by atomic mass is 10.2. The fourth-order valence-electron chi connectivity index (χ4n) is 1.29. The van der Waals surface area contributed by atoms with Crippen molar-refractivity contribution in [3.63, 3.8) is 0 Å². The highest BCUT2D eigenvalue weighted by Gasteiger charge is 2.02. The molecule has 0 aliphatic heterocycles. The molecule has 0 saturated carbocycles. The van der Waals surface area contributed by atoms with Crippen LogP contribution in [0.1, 0.15) is 12.0 Å². The molecule has 0 amide bonds. The van der Waals surface area contributed by atoms with Gasteiger partial charge in [0.1, 0.15) is 5.65 Å². The van der Waals surface area contributed by atoms with Crippen LogP contribution in [0.25, 0.3) is 11.0 Å². The Labute approximate surface area is 105 Å². The molecule has 0 fully saturated rings. The average molecular weight is 328 g/mol. The predicted octanol–water partition coefficient (Wildman–Crippen LogP) is 3.46. The summed E-state index contributed by atoms with van der Waals surface area (Å²) in [7, 11) is 0. The summed E-state index contributed by atoms with van der Waals surface area (Å²) in [5, 5.41) is 1.97. The second-order valence-electron chi connectivity index (χ2n) is 2.99. The summed E-state index contributed by atoms with van der Waals surface area (Å²) in [5.41, 5.74) is 1.88. The van der Waals surface area contributed by atoms with Crippen molar-refractivity contribution < 1.29 is 0 Å². The van der Waals surface area contributed by atoms with Crippen LogP contribution < -0.4 is 0 Å². The molecule has 4 heteroatoms. The van der Waals surface area contributed by atoms with Crippen molar-refractivity contribution in [1.82, 2.24) is 9.97 Å². The number of nitrogens with zero attached hydrogens (tertiary/aromatic N) is 1. The van der Waals surface area contributed by atoms with E-state index in [9.17, 15) is 0 Å². The van der Waals surface area contributed by atoms with Gasteiger partial charge in [0, 0.05) is 34.0 Å². The summed E-state index contributed by atoms with van der Waals surface area (Å²) in [6.45, 7) is 0. The van der Waals surface area contributed by atoms with E-state index in [0.29, 0.717) is 0 Å². The Kier molecular flexibility index (Phi) is 3.45. The monoisotopic (exact) mass is 326 g/mol. The van der Waals surface area contributed by atoms with Crippen molar-refractivity contribution in [3.05, 3.63) is 28.5 Å². The number of hydrogen-bond acceptors (Lipinski definition) is 1. The summed E-state index contributed by atoms with van der Waals surface area (Å²) in [6.07, 6.45) is 4.52. The number of alkyl halides is 1. The lowest BCUT2D eigenvalue weighted by Gasteiger charge is -1.91. The molecule has 0 spiro atoms. The van der Waals surface area contributed by atoms with E-state index in [4.69, 9.17) is 0 Å². The molecule has 0 aliphatic carbocycles. The van der Waals surface area contributed by atoms with Crippen molar-refractivity contribution in [1.29, 1.82) is 0 Å². The zero-order chi connectivity index (χ0) is 10.7. The number of aromatic nitrogens is 2. The van der Waals surface area contributed by atoms with Gasteiger partial charge < -0.3 is 4.98 Å². The molecule has 0 bridgehead atoms. The number of rotatable bonds is 1. The summed E-state index contributed by atoms with van der Waals surface area (Å²) in [4.78, 5) is 7.35. The number of fused-ring (bicyclic) bond motifs is 1. The van der Waals surface area contributed by atoms with Gasteiger partial charge in [-0.15, -0.1) is 0 Å². The molecular formula is C11H8Br2N2. The maximum absolute atomic E-state index is 4.25. The van der Waals surface area contributed by atoms with Crippen LogP contribution in [0, 0.1) is 11.8 Å². The largest absolute Gasteiger partial charge is 0.345 e. The van der Waals surface area contributed by atoms with Crippen LogP contribution >= 0.6 is 31.9 Å². The van der Waals surface area contributed by atoms with Crippen LogP contribution in [-0.4, -0.2) is 15.3 Å². The molecule has 2 heterocycles. The Morgan fingerprint density at radius 3 is 3.13 bits per heavy atom. The third-order valence-corrected chi connectivity index (χ3v) is 2.77. The Bertz CT molecular complexity index is 534. The highest BCUT2D eigenvalue weighted by molar-refractivity contribution is 9.10. The quantitative estimate of drug-likeness (QED) is 0.630. The number of H-pyrrole nitrogens is 1. The van der Waals surface area contributed by atoms with Crippen LogP contribution in [0.15, 0.2) is 22.9 Å². The molecule has 0 radical (unpaired) electrons. The van der Waals surface area contributed by atoms with Gasteiger partial charge in [-0.3, -0.25) is 0 Å². The summed E-state index contributed by atoms with van der Waals surface area (Å²) < 4.78 is 0.971. The standard InChI is InChI=1S/C11H8Br2N2/c12-4-2-1-3-8-6-14-11-10(8)5-9(13)7-15-11/h5-7H,2,4H2,(H,14,15). The van der Waals surface area contributed by atoms with Gasteiger partial charge >= 0.3 is 0 Å². The number of pyridine rings is 1. The SMILES string of the molecule is BrCCC#Cc1c[nH]c2ncc(Br)cc12. The molecule has 0 unspecified atom stereocenters. The molecular weight excluding hydrogens is 320 g/mol. The van der Waals surface area contributed by atoms with Crippen molar-refractivity contribution in [2.45, 2.75) is 6.42 Å². The molecule has 15 heavy (non-hydrogen) atoms. The molecule has 76 valence electrons. The first-order chi connectivity index (χ1) is 7.31. The third-order valence-electron chi connectivity index (χ3n) is 1.94. The predicted molar refractivity (Wildman–Crippen MR) is 69.1 cm³/mol. The molecule has 2 aromatic rings. The third kappa shape index (κ3) is 2.42. The van der Waals surface area contributed by atoms with E-state index in [1.165, 1.54) is 0 Å². The van der Waals surface area contributed by atoms with Crippen molar-refractivity contribution in [2.75, 3.05) is 5.33 Å². The number of nitrogens with one attached hydrogen (secondary N) is 1. The van der Waals surface area contributed by atoms with Crippen LogP contribution in [0.2, 0.25) is 0 Å². The molecule has 0 atom stereocenters. The maximum atomic E-state index is 4.25. The number of halogens is 2. The van der Waals surface area contributed by atoms with Gasteiger partial charge in [-0.25, -0.2) is 4.98 Å². The van der Waals surface area contributed by atoms with E-state index in [1.54, 1.807) is 6.20 Å². The minimum atomic E-state index is 0.855. The topological polar surface area (TPSA) is 28.7 Å². The first-order valence-electron chi connectivity index (χ1n) is 4.48. The fourth-order valence-corrected chi connectivity index (χ4v) is 1.82. The summed E-state index contributed by atoms with van der Waals surface area (Å²) in [6, 6.07) is 2.02. The first-order valence-corrected chi connectivity index (χ1v) is 6.40. The van der Waals surface area contributed by atoms with Gasteiger partial charge in [0.05, 0.1) is 5.56 Å². The van der Waals surface area contributed by atoms with Gasteiger partial charge in [0.15, 0.2) is 0 Å². The van der Waals surface area contributed by atoms with Gasteiger partial charge in [-0.2, -0.15) is 0 Å². The van der Waals surface area contributed by atoms with E-state index < -0.39 is 0 Å². The van der Waals surface area contributed by atoms with Gasteiger partial charge in [0.25, 0.3) is 0 Å². The Balaban J connectivity index is 2.45. The molecule has 2 rings (SSSR count). The second-order valence-corrected chi connectivity index (χ2v) is 4.70. The highest BCUT2D eigenvalue weighted by atomic mass is 79.9. The van der Waals surface area contributed by atoms with Gasteiger partial charge in [-0.05, 0) is 22.0 Å². The molecule has 0 aliphatic rings. The Hall–Kier alpha value is -0.790. The second kappa shape index (κ2) is 4.82. The lowest BCUT2D eigenvalue weighted by Crippen LogP contribution is -1.76. The average Bonchev–Trinajstić information content (AvgIpc) is 2.62. The first kappa shape index (κ1) is 10.7. The number of hydrogen-bond donors (Lipinski definition) is 1. The van der Waals surface area contributed by atoms with Crippen molar-refractivity contribution >= 4 is 42.9 Å². The van der Waals surface area contributed by atoms with Crippen molar-refractivity contribution in [3.8, 4) is 11.8 Å². The van der Waals surface area contributed by atoms with E-state index in [-0.39, 0.29) is 0 Å². The van der Waals surface area contributed by atoms with Crippen LogP contribution in [-0.2, 0) is 0 Å². The lowest BCUT2D eigenvalue weighted by molar-refractivity contribution is 1.31. The molecule has 0 saturated heterocycles. The van der Waals surface area contributed by atoms with E-state index in [0.717, 1.165) is 32.8 Å². The summed E-state index contributed by atoms with van der Waals surface area (Å²) in [5.74, 6) is 6.21. The molecule has 1 N–H and O–H groups in total. The number of aromatic amines is 1. The minimum Gasteiger partial charge on any atom is -0.345 e. The Morgan fingerprint density at radius 1 is 1.47 bits per heavy atom. The van der Waals surface area contributed by atoms with Crippen LogP contribution in [0.5, 0.6) is 0 Å². The smallest absolute Gasteiger partial charge is 0.138 e. The fraction of sp³-hybridized carbons (Fsp3) is 0.182. The van der Waals surface area contributed by atoms with Gasteiger partial charge in [0.2, 0.25) is 0 Å². The van der Waals surface area contributed by atoms with E-state index in [2.05, 4.69) is 53.7 Å². The zero-order valence-corrected chi connectivity index (χ0v) is 11.0. The van der Waals surface area contributed by atoms with Crippen LogP contribution in [0.4, 0.5) is 0 Å². The zero-order valence-electron chi connectivity index (χ0n) is 7.85. The van der Waals surface area contributed by atoms with E-state index >= 15 is 0 Å². The molecule has 0 aromatic carbocycles. The normalized spacial score (nSPS) is 10.0. The minimum absolute atomic E-state index is 0.855. The summed E-state index contributed by atoms with van der Waals surface area (Å²) >= 11 is 6.75. The van der Waals surface area contributed by atoms with E-state index in [1.807, 2.05) is 12.3 Å². The maximum Gasteiger partial charge on any atom is 0.138 e. The Morgan fingerprint density at radius 2 is 2.33 bits per heavy atom. The molecule has 2 nitrogen and oxygen atoms in total. The highest BCUT2D eigenvalue weighted by Crippen LogP contribution is 2.19.